The SMILES string of the molecule is COc1ccc(C2OCC3(C)OC(C#C[Si](C)(C)C)C(O)C(O)C3O2)cc1. The maximum absolute atomic E-state index is 10.7. The molecule has 0 aliphatic carbocycles. The maximum atomic E-state index is 10.7. The Balaban J connectivity index is 1.78. The van der Waals surface area contributed by atoms with Crippen LogP contribution in [0.3, 0.4) is 0 Å². The molecule has 7 heteroatoms. The van der Waals surface area contributed by atoms with Crippen LogP contribution in [0.2, 0.25) is 19.6 Å². The Morgan fingerprint density at radius 2 is 1.81 bits per heavy atom. The van der Waals surface area contributed by atoms with Gasteiger partial charge in [0.15, 0.2) is 6.29 Å². The number of hydrogen-bond acceptors (Lipinski definition) is 6. The van der Waals surface area contributed by atoms with Gasteiger partial charge in [-0.1, -0.05) is 37.7 Å². The van der Waals surface area contributed by atoms with Gasteiger partial charge < -0.3 is 29.2 Å². The summed E-state index contributed by atoms with van der Waals surface area (Å²) in [7, 11) is -0.0265. The third kappa shape index (κ3) is 4.37. The predicted octanol–water partition coefficient (Wildman–Crippen LogP) is 1.87. The van der Waals surface area contributed by atoms with Crippen molar-refractivity contribution in [1.29, 1.82) is 0 Å². The van der Waals surface area contributed by atoms with Crippen LogP contribution in [0.15, 0.2) is 24.3 Å². The lowest BCUT2D eigenvalue weighted by molar-refractivity contribution is -0.355. The first kappa shape index (κ1) is 20.3. The minimum absolute atomic E-state index is 0.225. The summed E-state index contributed by atoms with van der Waals surface area (Å²) >= 11 is 0. The fourth-order valence-electron chi connectivity index (χ4n) is 3.24. The molecule has 0 aromatic heterocycles. The molecular formula is C20H28O6Si. The van der Waals surface area contributed by atoms with Crippen molar-refractivity contribution in [2.24, 2.45) is 0 Å². The number of rotatable bonds is 2. The summed E-state index contributed by atoms with van der Waals surface area (Å²) in [6, 6.07) is 7.34. The van der Waals surface area contributed by atoms with Crippen LogP contribution in [0.25, 0.3) is 0 Å². The second-order valence-electron chi connectivity index (χ2n) is 8.32. The molecule has 0 spiro atoms. The topological polar surface area (TPSA) is 77.4 Å². The lowest BCUT2D eigenvalue weighted by Crippen LogP contribution is -2.67. The standard InChI is InChI=1S/C20H28O6Si/c1-20-12-24-19(13-6-8-14(23-2)9-7-13)25-18(20)17(22)16(21)15(26-20)10-11-27(3,4)5/h6-9,15-19,21-22H,12H2,1-5H3. The molecule has 6 unspecified atom stereocenters. The quantitative estimate of drug-likeness (QED) is 0.591. The highest BCUT2D eigenvalue weighted by atomic mass is 28.3. The number of methoxy groups -OCH3 is 1. The molecule has 27 heavy (non-hydrogen) atoms. The lowest BCUT2D eigenvalue weighted by atomic mass is 9.85. The van der Waals surface area contributed by atoms with Crippen molar-refractivity contribution >= 4 is 8.07 Å². The number of aliphatic hydroxyl groups excluding tert-OH is 2. The highest BCUT2D eigenvalue weighted by Gasteiger charge is 2.55. The van der Waals surface area contributed by atoms with Gasteiger partial charge in [0.2, 0.25) is 0 Å². The van der Waals surface area contributed by atoms with Gasteiger partial charge in [-0.2, -0.15) is 0 Å². The second kappa shape index (κ2) is 7.55. The smallest absolute Gasteiger partial charge is 0.184 e. The van der Waals surface area contributed by atoms with E-state index in [2.05, 4.69) is 31.1 Å². The maximum Gasteiger partial charge on any atom is 0.184 e. The van der Waals surface area contributed by atoms with E-state index in [-0.39, 0.29) is 6.61 Å². The van der Waals surface area contributed by atoms with E-state index in [0.717, 1.165) is 11.3 Å². The summed E-state index contributed by atoms with van der Waals surface area (Å²) in [5.74, 6) is 3.75. The Bertz CT molecular complexity index is 719. The van der Waals surface area contributed by atoms with Gasteiger partial charge in [0.05, 0.1) is 13.7 Å². The van der Waals surface area contributed by atoms with Crippen molar-refractivity contribution in [3.05, 3.63) is 29.8 Å². The van der Waals surface area contributed by atoms with Crippen molar-refractivity contribution in [1.82, 2.24) is 0 Å². The zero-order chi connectivity index (χ0) is 19.8. The molecule has 2 N–H and O–H groups in total. The van der Waals surface area contributed by atoms with Crippen LogP contribution in [0.1, 0.15) is 18.8 Å². The summed E-state index contributed by atoms with van der Waals surface area (Å²) in [5, 5.41) is 21.2. The van der Waals surface area contributed by atoms with E-state index in [1.54, 1.807) is 7.11 Å². The predicted molar refractivity (Wildman–Crippen MR) is 103 cm³/mol. The molecule has 1 aromatic carbocycles. The average molecular weight is 393 g/mol. The molecule has 2 heterocycles. The first-order valence-electron chi connectivity index (χ1n) is 9.11. The van der Waals surface area contributed by atoms with E-state index in [9.17, 15) is 10.2 Å². The minimum atomic E-state index is -1.63. The zero-order valence-corrected chi connectivity index (χ0v) is 17.4. The highest BCUT2D eigenvalue weighted by Crippen LogP contribution is 2.40. The van der Waals surface area contributed by atoms with Gasteiger partial charge in [0.1, 0.15) is 43.8 Å². The van der Waals surface area contributed by atoms with E-state index < -0.39 is 44.4 Å². The van der Waals surface area contributed by atoms with Crippen LogP contribution in [0.5, 0.6) is 5.75 Å². The molecule has 2 saturated heterocycles. The Kier molecular flexibility index (Phi) is 5.68. The lowest BCUT2D eigenvalue weighted by Gasteiger charge is -2.51. The Labute approximate surface area is 161 Å². The van der Waals surface area contributed by atoms with Gasteiger partial charge in [-0.05, 0) is 19.1 Å². The summed E-state index contributed by atoms with van der Waals surface area (Å²) in [4.78, 5) is 0. The molecule has 2 fully saturated rings. The third-order valence-corrected chi connectivity index (χ3v) is 5.63. The van der Waals surface area contributed by atoms with Crippen molar-refractivity contribution in [3.8, 4) is 17.2 Å². The number of ether oxygens (including phenoxy) is 4. The van der Waals surface area contributed by atoms with Crippen LogP contribution in [-0.2, 0) is 14.2 Å². The fourth-order valence-corrected chi connectivity index (χ4v) is 3.81. The summed E-state index contributed by atoms with van der Waals surface area (Å²) in [5.41, 5.74) is 3.12. The molecule has 6 nitrogen and oxygen atoms in total. The monoisotopic (exact) mass is 392 g/mol. The van der Waals surface area contributed by atoms with E-state index in [0.29, 0.717) is 0 Å². The number of hydrogen-bond donors (Lipinski definition) is 2. The van der Waals surface area contributed by atoms with Gasteiger partial charge in [-0.3, -0.25) is 0 Å². The summed E-state index contributed by atoms with van der Waals surface area (Å²) in [6.45, 7) is 8.39. The van der Waals surface area contributed by atoms with Crippen molar-refractivity contribution in [2.45, 2.75) is 62.9 Å². The van der Waals surface area contributed by atoms with Gasteiger partial charge in [0.25, 0.3) is 0 Å². The molecule has 0 radical (unpaired) electrons. The molecule has 6 atom stereocenters. The minimum Gasteiger partial charge on any atom is -0.497 e. The Hall–Kier alpha value is -1.40. The van der Waals surface area contributed by atoms with Crippen LogP contribution in [0, 0.1) is 11.5 Å². The molecule has 1 aromatic rings. The summed E-state index contributed by atoms with van der Waals surface area (Å²) < 4.78 is 23.1. The van der Waals surface area contributed by atoms with E-state index in [1.807, 2.05) is 31.2 Å². The molecule has 0 bridgehead atoms. The van der Waals surface area contributed by atoms with Gasteiger partial charge in [0, 0.05) is 5.56 Å². The van der Waals surface area contributed by atoms with Crippen LogP contribution >= 0.6 is 0 Å². The fraction of sp³-hybridized carbons (Fsp3) is 0.600. The largest absolute Gasteiger partial charge is 0.497 e. The third-order valence-electron chi connectivity index (χ3n) is 4.74. The second-order valence-corrected chi connectivity index (χ2v) is 13.1. The Morgan fingerprint density at radius 1 is 1.15 bits per heavy atom. The normalized spacial score (nSPS) is 36.3. The number of benzene rings is 1. The number of fused-ring (bicyclic) bond motifs is 1. The van der Waals surface area contributed by atoms with E-state index in [1.165, 1.54) is 0 Å². The van der Waals surface area contributed by atoms with Crippen LogP contribution in [-0.4, -0.2) is 62.0 Å². The molecule has 3 rings (SSSR count). The van der Waals surface area contributed by atoms with Crippen molar-refractivity contribution in [2.75, 3.05) is 13.7 Å². The van der Waals surface area contributed by atoms with E-state index >= 15 is 0 Å². The molecular weight excluding hydrogens is 364 g/mol. The van der Waals surface area contributed by atoms with Gasteiger partial charge in [-0.15, -0.1) is 5.54 Å². The molecule has 2 aliphatic heterocycles. The molecule has 148 valence electrons. The average Bonchev–Trinajstić information content (AvgIpc) is 2.63. The number of aliphatic hydroxyl groups is 2. The van der Waals surface area contributed by atoms with Crippen molar-refractivity contribution < 1.29 is 29.2 Å². The molecule has 0 saturated carbocycles. The highest BCUT2D eigenvalue weighted by molar-refractivity contribution is 6.83. The Morgan fingerprint density at radius 3 is 2.41 bits per heavy atom. The van der Waals surface area contributed by atoms with Gasteiger partial charge >= 0.3 is 0 Å². The zero-order valence-electron chi connectivity index (χ0n) is 16.4. The van der Waals surface area contributed by atoms with Crippen LogP contribution < -0.4 is 4.74 Å². The molecule has 0 amide bonds. The van der Waals surface area contributed by atoms with E-state index in [4.69, 9.17) is 18.9 Å². The first-order chi connectivity index (χ1) is 12.6. The first-order valence-corrected chi connectivity index (χ1v) is 12.6. The summed E-state index contributed by atoms with van der Waals surface area (Å²) in [6.07, 6.45) is -4.39. The molecule has 2 aliphatic rings. The van der Waals surface area contributed by atoms with Crippen molar-refractivity contribution in [3.63, 3.8) is 0 Å². The van der Waals surface area contributed by atoms with Crippen LogP contribution in [0.4, 0.5) is 0 Å². The van der Waals surface area contributed by atoms with Gasteiger partial charge in [-0.25, -0.2) is 0 Å².